The van der Waals surface area contributed by atoms with E-state index in [-0.39, 0.29) is 0 Å². The number of rotatable bonds is 4. The third-order valence-corrected chi connectivity index (χ3v) is 4.34. The van der Waals surface area contributed by atoms with Crippen LogP contribution < -0.4 is 5.32 Å². The summed E-state index contributed by atoms with van der Waals surface area (Å²) in [5.74, 6) is 2.63. The monoisotopic (exact) mass is 300 g/mol. The summed E-state index contributed by atoms with van der Waals surface area (Å²) in [7, 11) is 0. The highest BCUT2D eigenvalue weighted by Crippen LogP contribution is 2.40. The van der Waals surface area contributed by atoms with Gasteiger partial charge in [-0.3, -0.25) is 4.98 Å². The number of hydrogen-bond acceptors (Lipinski definition) is 4. The largest absolute Gasteiger partial charge is 0.364 e. The molecule has 0 bridgehead atoms. The number of aryl methyl sites for hydroxylation is 1. The molecule has 4 nitrogen and oxygen atoms in total. The molecule has 0 spiro atoms. The van der Waals surface area contributed by atoms with Gasteiger partial charge in [-0.15, -0.1) is 0 Å². The molecule has 2 aromatic heterocycles. The molecular weight excluding hydrogens is 284 g/mol. The van der Waals surface area contributed by atoms with Gasteiger partial charge in [0.15, 0.2) is 0 Å². The lowest BCUT2D eigenvalue weighted by Gasteiger charge is -2.11. The Hall–Kier alpha value is -1.68. The van der Waals surface area contributed by atoms with Crippen molar-refractivity contribution in [3.05, 3.63) is 46.1 Å². The first-order chi connectivity index (χ1) is 10.3. The maximum Gasteiger partial charge on any atom is 0.134 e. The number of nitrogens with one attached hydrogen (secondary N) is 1. The van der Waals surface area contributed by atoms with Crippen LogP contribution in [0.15, 0.2) is 18.3 Å². The zero-order valence-corrected chi connectivity index (χ0v) is 12.5. The van der Waals surface area contributed by atoms with E-state index in [1.165, 1.54) is 30.5 Å². The fourth-order valence-electron chi connectivity index (χ4n) is 2.81. The van der Waals surface area contributed by atoms with Crippen LogP contribution in [-0.2, 0) is 19.4 Å². The van der Waals surface area contributed by atoms with Crippen molar-refractivity contribution >= 4 is 17.4 Å². The van der Waals surface area contributed by atoms with Crippen LogP contribution >= 0.6 is 11.6 Å². The van der Waals surface area contributed by atoms with Gasteiger partial charge in [0.1, 0.15) is 11.6 Å². The summed E-state index contributed by atoms with van der Waals surface area (Å²) in [6, 6.07) is 3.81. The van der Waals surface area contributed by atoms with Crippen molar-refractivity contribution in [2.24, 2.45) is 0 Å². The molecule has 108 valence electrons. The first-order valence-corrected chi connectivity index (χ1v) is 7.91. The van der Waals surface area contributed by atoms with Crippen molar-refractivity contribution in [1.29, 1.82) is 0 Å². The highest BCUT2D eigenvalue weighted by Gasteiger charge is 2.29. The molecule has 4 rings (SSSR count). The molecule has 2 heterocycles. The van der Waals surface area contributed by atoms with E-state index in [0.29, 0.717) is 17.5 Å². The number of pyridine rings is 1. The number of fused-ring (bicyclic) bond motifs is 1. The van der Waals surface area contributed by atoms with Crippen molar-refractivity contribution in [1.82, 2.24) is 15.0 Å². The van der Waals surface area contributed by atoms with Crippen LogP contribution in [0.2, 0.25) is 5.02 Å². The van der Waals surface area contributed by atoms with Gasteiger partial charge in [-0.1, -0.05) is 11.6 Å². The van der Waals surface area contributed by atoms with E-state index in [4.69, 9.17) is 21.6 Å². The van der Waals surface area contributed by atoms with E-state index in [1.807, 2.05) is 12.1 Å². The molecule has 0 aromatic carbocycles. The van der Waals surface area contributed by atoms with Gasteiger partial charge < -0.3 is 5.32 Å². The zero-order chi connectivity index (χ0) is 14.2. The molecule has 21 heavy (non-hydrogen) atoms. The third-order valence-electron chi connectivity index (χ3n) is 4.12. The number of anilines is 1. The first-order valence-electron chi connectivity index (χ1n) is 7.53. The van der Waals surface area contributed by atoms with Crippen LogP contribution in [0.1, 0.15) is 48.0 Å². The van der Waals surface area contributed by atoms with Gasteiger partial charge in [0.2, 0.25) is 0 Å². The predicted molar refractivity (Wildman–Crippen MR) is 82.6 cm³/mol. The summed E-state index contributed by atoms with van der Waals surface area (Å²) in [5, 5.41) is 4.11. The highest BCUT2D eigenvalue weighted by molar-refractivity contribution is 6.30. The maximum absolute atomic E-state index is 5.86. The average molecular weight is 301 g/mol. The second-order valence-electron chi connectivity index (χ2n) is 5.80. The Morgan fingerprint density at radius 2 is 2.10 bits per heavy atom. The van der Waals surface area contributed by atoms with Crippen molar-refractivity contribution in [3.63, 3.8) is 0 Å². The Labute approximate surface area is 129 Å². The SMILES string of the molecule is Clc1ccc(CNc2nc(C3CC3)nc3c2CCC3)nc1. The summed E-state index contributed by atoms with van der Waals surface area (Å²) < 4.78 is 0. The second-order valence-corrected chi connectivity index (χ2v) is 6.24. The summed E-state index contributed by atoms with van der Waals surface area (Å²) in [4.78, 5) is 13.8. The Kier molecular flexibility index (Phi) is 3.26. The average Bonchev–Trinajstić information content (AvgIpc) is 3.24. The number of aromatic nitrogens is 3. The van der Waals surface area contributed by atoms with E-state index in [2.05, 4.69) is 10.3 Å². The molecule has 0 aliphatic heterocycles. The van der Waals surface area contributed by atoms with Crippen molar-refractivity contribution < 1.29 is 0 Å². The van der Waals surface area contributed by atoms with Gasteiger partial charge in [-0.25, -0.2) is 9.97 Å². The van der Waals surface area contributed by atoms with Crippen molar-refractivity contribution in [2.45, 2.75) is 44.6 Å². The maximum atomic E-state index is 5.86. The lowest BCUT2D eigenvalue weighted by atomic mass is 10.2. The Morgan fingerprint density at radius 3 is 2.86 bits per heavy atom. The lowest BCUT2D eigenvalue weighted by molar-refractivity contribution is 0.870. The molecular formula is C16H17ClN4. The highest BCUT2D eigenvalue weighted by atomic mass is 35.5. The van der Waals surface area contributed by atoms with Gasteiger partial charge in [0.05, 0.1) is 17.3 Å². The van der Waals surface area contributed by atoms with Gasteiger partial charge in [-0.2, -0.15) is 0 Å². The topological polar surface area (TPSA) is 50.7 Å². The fraction of sp³-hybridized carbons (Fsp3) is 0.438. The van der Waals surface area contributed by atoms with Crippen LogP contribution in [0.4, 0.5) is 5.82 Å². The quantitative estimate of drug-likeness (QED) is 0.939. The molecule has 1 N–H and O–H groups in total. The van der Waals surface area contributed by atoms with E-state index in [0.717, 1.165) is 30.2 Å². The molecule has 0 atom stereocenters. The normalized spacial score (nSPS) is 16.8. The zero-order valence-electron chi connectivity index (χ0n) is 11.8. The summed E-state index contributed by atoms with van der Waals surface area (Å²) in [6.07, 6.45) is 7.50. The molecule has 2 aliphatic rings. The molecule has 0 unspecified atom stereocenters. The van der Waals surface area contributed by atoms with Gasteiger partial charge in [0.25, 0.3) is 0 Å². The van der Waals surface area contributed by atoms with Gasteiger partial charge in [-0.05, 0) is 44.2 Å². The molecule has 0 amide bonds. The van der Waals surface area contributed by atoms with Gasteiger partial charge in [0, 0.05) is 23.4 Å². The van der Waals surface area contributed by atoms with Crippen LogP contribution in [-0.4, -0.2) is 15.0 Å². The molecule has 1 fully saturated rings. The minimum Gasteiger partial charge on any atom is -0.364 e. The molecule has 2 aromatic rings. The third kappa shape index (κ3) is 2.72. The minimum atomic E-state index is 0.588. The van der Waals surface area contributed by atoms with E-state index < -0.39 is 0 Å². The van der Waals surface area contributed by atoms with E-state index in [1.54, 1.807) is 6.20 Å². The lowest BCUT2D eigenvalue weighted by Crippen LogP contribution is -2.09. The standard InChI is InChI=1S/C16H17ClN4/c17-11-6-7-12(18-8-11)9-19-16-13-2-1-3-14(13)20-15(21-16)10-4-5-10/h6-8,10H,1-5,9H2,(H,19,20,21). The summed E-state index contributed by atoms with van der Waals surface area (Å²) in [5.41, 5.74) is 3.52. The van der Waals surface area contributed by atoms with Crippen LogP contribution in [0, 0.1) is 0 Å². The molecule has 2 aliphatic carbocycles. The minimum absolute atomic E-state index is 0.588. The van der Waals surface area contributed by atoms with Crippen molar-refractivity contribution in [3.8, 4) is 0 Å². The fourth-order valence-corrected chi connectivity index (χ4v) is 2.92. The Morgan fingerprint density at radius 1 is 1.19 bits per heavy atom. The van der Waals surface area contributed by atoms with Crippen LogP contribution in [0.3, 0.4) is 0 Å². The Balaban J connectivity index is 1.57. The smallest absolute Gasteiger partial charge is 0.134 e. The van der Waals surface area contributed by atoms with Gasteiger partial charge >= 0.3 is 0 Å². The van der Waals surface area contributed by atoms with Crippen LogP contribution in [0.5, 0.6) is 0 Å². The second kappa shape index (κ2) is 5.26. The number of nitrogens with zero attached hydrogens (tertiary/aromatic N) is 3. The molecule has 0 saturated heterocycles. The predicted octanol–water partition coefficient (Wildman–Crippen LogP) is 3.50. The van der Waals surface area contributed by atoms with E-state index in [9.17, 15) is 0 Å². The summed E-state index contributed by atoms with van der Waals surface area (Å²) >= 11 is 5.86. The Bertz CT molecular complexity index is 665. The van der Waals surface area contributed by atoms with Crippen molar-refractivity contribution in [2.75, 3.05) is 5.32 Å². The van der Waals surface area contributed by atoms with Crippen LogP contribution in [0.25, 0.3) is 0 Å². The first kappa shape index (κ1) is 13.0. The molecule has 5 heteroatoms. The van der Waals surface area contributed by atoms with E-state index >= 15 is 0 Å². The summed E-state index contributed by atoms with van der Waals surface area (Å²) in [6.45, 7) is 0.671. The number of hydrogen-bond donors (Lipinski definition) is 1. The number of halogens is 1. The molecule has 0 radical (unpaired) electrons. The molecule has 1 saturated carbocycles.